The molecule has 0 aromatic carbocycles. The van der Waals surface area contributed by atoms with Crippen molar-refractivity contribution in [2.75, 3.05) is 6.26 Å². The average molecular weight is 226 g/mol. The first-order valence-electron chi connectivity index (χ1n) is 4.51. The largest absolute Gasteiger partial charge is 0.477 e. The summed E-state index contributed by atoms with van der Waals surface area (Å²) in [4.78, 5) is 19.2. The Balaban J connectivity index is 3.30. The summed E-state index contributed by atoms with van der Waals surface area (Å²) in [5.74, 6) is -0.454. The predicted octanol–water partition coefficient (Wildman–Crippen LogP) is 2.19. The van der Waals surface area contributed by atoms with Gasteiger partial charge in [-0.1, -0.05) is 20.8 Å². The zero-order chi connectivity index (χ0) is 11.6. The number of aromatic nitrogens is 2. The van der Waals surface area contributed by atoms with Crippen LogP contribution in [0.3, 0.4) is 0 Å². The van der Waals surface area contributed by atoms with Crippen LogP contribution in [0.1, 0.15) is 37.1 Å². The second-order valence-electron chi connectivity index (χ2n) is 4.17. The molecule has 0 amide bonds. The van der Waals surface area contributed by atoms with Gasteiger partial charge in [0.2, 0.25) is 0 Å². The zero-order valence-corrected chi connectivity index (χ0v) is 10.1. The highest BCUT2D eigenvalue weighted by atomic mass is 32.2. The van der Waals surface area contributed by atoms with Crippen LogP contribution in [-0.4, -0.2) is 27.3 Å². The third-order valence-corrected chi connectivity index (χ3v) is 2.43. The van der Waals surface area contributed by atoms with E-state index in [0.29, 0.717) is 10.9 Å². The predicted molar refractivity (Wildman–Crippen MR) is 59.5 cm³/mol. The van der Waals surface area contributed by atoms with Crippen LogP contribution in [0, 0.1) is 0 Å². The monoisotopic (exact) mass is 226 g/mol. The molecule has 0 aliphatic carbocycles. The maximum Gasteiger partial charge on any atom is 0.354 e. The summed E-state index contributed by atoms with van der Waals surface area (Å²) in [6.07, 6.45) is 1.86. The van der Waals surface area contributed by atoms with Crippen molar-refractivity contribution >= 4 is 17.7 Å². The van der Waals surface area contributed by atoms with E-state index in [9.17, 15) is 4.79 Å². The van der Waals surface area contributed by atoms with Gasteiger partial charge in [-0.2, -0.15) is 0 Å². The van der Waals surface area contributed by atoms with Crippen molar-refractivity contribution < 1.29 is 9.90 Å². The molecular weight excluding hydrogens is 212 g/mol. The van der Waals surface area contributed by atoms with E-state index in [1.165, 1.54) is 17.8 Å². The number of hydrogen-bond donors (Lipinski definition) is 1. The maximum absolute atomic E-state index is 10.8. The van der Waals surface area contributed by atoms with Crippen molar-refractivity contribution in [1.82, 2.24) is 9.97 Å². The highest BCUT2D eigenvalue weighted by Crippen LogP contribution is 2.21. The molecule has 0 unspecified atom stereocenters. The Morgan fingerprint density at radius 3 is 2.40 bits per heavy atom. The first kappa shape index (κ1) is 12.0. The number of hydrogen-bond acceptors (Lipinski definition) is 4. The molecule has 0 fully saturated rings. The van der Waals surface area contributed by atoms with Crippen LogP contribution in [0.5, 0.6) is 0 Å². The number of thioether (sulfide) groups is 1. The molecule has 0 spiro atoms. The minimum atomic E-state index is -1.02. The summed E-state index contributed by atoms with van der Waals surface area (Å²) >= 11 is 1.42. The summed E-state index contributed by atoms with van der Waals surface area (Å²) in [7, 11) is 0. The molecule has 0 radical (unpaired) electrons. The fraction of sp³-hybridized carbons (Fsp3) is 0.500. The summed E-state index contributed by atoms with van der Waals surface area (Å²) in [5, 5.41) is 9.58. The molecule has 0 aliphatic heterocycles. The number of aromatic carboxylic acids is 1. The van der Waals surface area contributed by atoms with Crippen LogP contribution < -0.4 is 0 Å². The normalized spacial score (nSPS) is 11.5. The first-order valence-corrected chi connectivity index (χ1v) is 5.74. The van der Waals surface area contributed by atoms with Crippen LogP contribution in [0.4, 0.5) is 0 Å². The molecule has 1 aromatic heterocycles. The molecule has 5 heteroatoms. The topological polar surface area (TPSA) is 63.1 Å². The molecule has 0 saturated heterocycles. The number of rotatable bonds is 2. The Hall–Kier alpha value is -1.10. The van der Waals surface area contributed by atoms with E-state index < -0.39 is 5.97 Å². The molecule has 1 rings (SSSR count). The van der Waals surface area contributed by atoms with Gasteiger partial charge in [0.05, 0.1) is 0 Å². The average Bonchev–Trinajstić information content (AvgIpc) is 2.15. The van der Waals surface area contributed by atoms with Crippen molar-refractivity contribution in [1.29, 1.82) is 0 Å². The van der Waals surface area contributed by atoms with Gasteiger partial charge >= 0.3 is 5.97 Å². The van der Waals surface area contributed by atoms with Gasteiger partial charge in [0.15, 0.2) is 5.69 Å². The minimum absolute atomic E-state index is 0.0549. The lowest BCUT2D eigenvalue weighted by Crippen LogP contribution is -2.18. The minimum Gasteiger partial charge on any atom is -0.477 e. The Bertz CT molecular complexity index is 385. The zero-order valence-electron chi connectivity index (χ0n) is 9.24. The number of carboxylic acid groups (broad SMARTS) is 1. The standard InChI is InChI=1S/C10H14N2O2S/c1-10(2,3)9-11-6(8(13)14)5-7(12-9)15-4/h5H,1-4H3,(H,13,14). The first-order chi connectivity index (χ1) is 6.84. The highest BCUT2D eigenvalue weighted by Gasteiger charge is 2.20. The van der Waals surface area contributed by atoms with E-state index in [0.717, 1.165) is 0 Å². The fourth-order valence-electron chi connectivity index (χ4n) is 0.975. The van der Waals surface area contributed by atoms with Gasteiger partial charge in [-0.05, 0) is 6.26 Å². The van der Waals surface area contributed by atoms with Crippen molar-refractivity contribution in [3.8, 4) is 0 Å². The van der Waals surface area contributed by atoms with Crippen molar-refractivity contribution in [3.63, 3.8) is 0 Å². The van der Waals surface area contributed by atoms with E-state index >= 15 is 0 Å². The summed E-state index contributed by atoms with van der Waals surface area (Å²) in [6.45, 7) is 5.87. The van der Waals surface area contributed by atoms with Crippen LogP contribution in [0.2, 0.25) is 0 Å². The van der Waals surface area contributed by atoms with Gasteiger partial charge in [-0.25, -0.2) is 14.8 Å². The maximum atomic E-state index is 10.8. The van der Waals surface area contributed by atoms with Gasteiger partial charge in [-0.15, -0.1) is 11.8 Å². The van der Waals surface area contributed by atoms with E-state index in [1.54, 1.807) is 0 Å². The lowest BCUT2D eigenvalue weighted by Gasteiger charge is -2.17. The number of carboxylic acids is 1. The molecule has 15 heavy (non-hydrogen) atoms. The molecule has 1 heterocycles. The van der Waals surface area contributed by atoms with Crippen LogP contribution >= 0.6 is 11.8 Å². The van der Waals surface area contributed by atoms with Crippen molar-refractivity contribution in [2.24, 2.45) is 0 Å². The SMILES string of the molecule is CSc1cc(C(=O)O)nc(C(C)(C)C)n1. The molecule has 0 saturated carbocycles. The van der Waals surface area contributed by atoms with E-state index in [4.69, 9.17) is 5.11 Å². The second kappa shape index (κ2) is 4.18. The summed E-state index contributed by atoms with van der Waals surface area (Å²) in [6, 6.07) is 1.49. The van der Waals surface area contributed by atoms with E-state index in [2.05, 4.69) is 9.97 Å². The fourth-order valence-corrected chi connectivity index (χ4v) is 1.38. The lowest BCUT2D eigenvalue weighted by atomic mass is 9.96. The number of carbonyl (C=O) groups is 1. The Morgan fingerprint density at radius 2 is 2.00 bits per heavy atom. The second-order valence-corrected chi connectivity index (χ2v) is 5.00. The quantitative estimate of drug-likeness (QED) is 0.618. The van der Waals surface area contributed by atoms with Gasteiger partial charge < -0.3 is 5.11 Å². The van der Waals surface area contributed by atoms with Gasteiger partial charge in [0, 0.05) is 11.5 Å². The van der Waals surface area contributed by atoms with Crippen LogP contribution in [0.15, 0.2) is 11.1 Å². The third kappa shape index (κ3) is 2.92. The van der Waals surface area contributed by atoms with E-state index in [1.807, 2.05) is 27.0 Å². The molecule has 1 aromatic rings. The summed E-state index contributed by atoms with van der Waals surface area (Å²) < 4.78 is 0. The molecule has 4 nitrogen and oxygen atoms in total. The molecular formula is C10H14N2O2S. The molecule has 0 atom stereocenters. The van der Waals surface area contributed by atoms with Gasteiger partial charge in [0.1, 0.15) is 10.9 Å². The Morgan fingerprint density at radius 1 is 1.40 bits per heavy atom. The molecule has 1 N–H and O–H groups in total. The third-order valence-electron chi connectivity index (χ3n) is 1.80. The van der Waals surface area contributed by atoms with Crippen molar-refractivity contribution in [2.45, 2.75) is 31.2 Å². The number of nitrogens with zero attached hydrogens (tertiary/aromatic N) is 2. The van der Waals surface area contributed by atoms with Crippen molar-refractivity contribution in [3.05, 3.63) is 17.6 Å². The lowest BCUT2D eigenvalue weighted by molar-refractivity contribution is 0.0689. The van der Waals surface area contributed by atoms with Gasteiger partial charge in [-0.3, -0.25) is 0 Å². The van der Waals surface area contributed by atoms with Gasteiger partial charge in [0.25, 0.3) is 0 Å². The summed E-state index contributed by atoms with van der Waals surface area (Å²) in [5.41, 5.74) is -0.185. The molecule has 0 bridgehead atoms. The van der Waals surface area contributed by atoms with E-state index in [-0.39, 0.29) is 11.1 Å². The molecule has 82 valence electrons. The Kier molecular flexibility index (Phi) is 3.34. The highest BCUT2D eigenvalue weighted by molar-refractivity contribution is 7.98. The van der Waals surface area contributed by atoms with Crippen LogP contribution in [-0.2, 0) is 5.41 Å². The smallest absolute Gasteiger partial charge is 0.354 e. The Labute approximate surface area is 93.1 Å². The van der Waals surface area contributed by atoms with Crippen LogP contribution in [0.25, 0.3) is 0 Å². The molecule has 0 aliphatic rings.